The van der Waals surface area contributed by atoms with Gasteiger partial charge in [-0.3, -0.25) is 4.99 Å². The standard InChI is InChI=1S/C14H18N2O/c17-13(11-5-2-1-3-6-11)12-7-10-16-9-4-8-15-14(12)16/h1-3,5-6,12-13,17H,4,7-10H2/t12-,13+/m0/s1. The van der Waals surface area contributed by atoms with Crippen LogP contribution >= 0.6 is 0 Å². The lowest BCUT2D eigenvalue weighted by atomic mass is 9.94. The van der Waals surface area contributed by atoms with Crippen molar-refractivity contribution in [2.24, 2.45) is 10.9 Å². The van der Waals surface area contributed by atoms with Gasteiger partial charge >= 0.3 is 0 Å². The van der Waals surface area contributed by atoms with Gasteiger partial charge in [-0.15, -0.1) is 0 Å². The minimum atomic E-state index is -0.405. The summed E-state index contributed by atoms with van der Waals surface area (Å²) in [5, 5.41) is 10.5. The predicted molar refractivity (Wildman–Crippen MR) is 68.0 cm³/mol. The second-order valence-corrected chi connectivity index (χ2v) is 4.83. The molecular weight excluding hydrogens is 212 g/mol. The fraction of sp³-hybridized carbons (Fsp3) is 0.500. The number of rotatable bonds is 2. The van der Waals surface area contributed by atoms with Crippen molar-refractivity contribution in [3.8, 4) is 0 Å². The summed E-state index contributed by atoms with van der Waals surface area (Å²) in [5.41, 5.74) is 1.01. The van der Waals surface area contributed by atoms with Crippen LogP contribution in [0.4, 0.5) is 0 Å². The average molecular weight is 230 g/mol. The fourth-order valence-corrected chi connectivity index (χ4v) is 2.85. The van der Waals surface area contributed by atoms with Gasteiger partial charge in [-0.05, 0) is 18.4 Å². The van der Waals surface area contributed by atoms with E-state index in [0.29, 0.717) is 0 Å². The smallest absolute Gasteiger partial charge is 0.105 e. The molecule has 0 unspecified atom stereocenters. The highest BCUT2D eigenvalue weighted by Gasteiger charge is 2.35. The molecule has 3 rings (SSSR count). The average Bonchev–Trinajstić information content (AvgIpc) is 2.83. The van der Waals surface area contributed by atoms with Crippen molar-refractivity contribution in [3.05, 3.63) is 35.9 Å². The van der Waals surface area contributed by atoms with Crippen LogP contribution in [-0.4, -0.2) is 35.5 Å². The molecule has 2 atom stereocenters. The number of aliphatic hydroxyl groups excluding tert-OH is 1. The van der Waals surface area contributed by atoms with E-state index in [4.69, 9.17) is 0 Å². The molecule has 0 bridgehead atoms. The van der Waals surface area contributed by atoms with Crippen LogP contribution in [0.15, 0.2) is 35.3 Å². The predicted octanol–water partition coefficient (Wildman–Crippen LogP) is 1.84. The van der Waals surface area contributed by atoms with E-state index in [1.54, 1.807) is 0 Å². The van der Waals surface area contributed by atoms with Crippen molar-refractivity contribution >= 4 is 5.84 Å². The minimum absolute atomic E-state index is 0.192. The maximum atomic E-state index is 10.5. The summed E-state index contributed by atoms with van der Waals surface area (Å²) in [6.45, 7) is 3.08. The van der Waals surface area contributed by atoms with E-state index in [1.165, 1.54) is 0 Å². The maximum absolute atomic E-state index is 10.5. The van der Waals surface area contributed by atoms with Crippen molar-refractivity contribution in [2.75, 3.05) is 19.6 Å². The number of amidine groups is 1. The first-order chi connectivity index (χ1) is 8.36. The van der Waals surface area contributed by atoms with E-state index >= 15 is 0 Å². The third kappa shape index (κ3) is 1.95. The first-order valence-electron chi connectivity index (χ1n) is 6.38. The topological polar surface area (TPSA) is 35.8 Å². The molecule has 1 fully saturated rings. The number of aliphatic imine (C=N–C) groups is 1. The zero-order valence-electron chi connectivity index (χ0n) is 9.92. The molecule has 2 aliphatic heterocycles. The lowest BCUT2D eigenvalue weighted by Gasteiger charge is -2.26. The number of benzene rings is 1. The Kier molecular flexibility index (Phi) is 2.85. The lowest BCUT2D eigenvalue weighted by Crippen LogP contribution is -2.34. The van der Waals surface area contributed by atoms with Gasteiger partial charge in [-0.25, -0.2) is 0 Å². The van der Waals surface area contributed by atoms with Gasteiger partial charge in [-0.2, -0.15) is 0 Å². The van der Waals surface area contributed by atoms with Crippen LogP contribution in [0, 0.1) is 5.92 Å². The van der Waals surface area contributed by atoms with Gasteiger partial charge in [0.2, 0.25) is 0 Å². The molecule has 0 saturated carbocycles. The van der Waals surface area contributed by atoms with Crippen molar-refractivity contribution in [1.29, 1.82) is 0 Å². The maximum Gasteiger partial charge on any atom is 0.105 e. The minimum Gasteiger partial charge on any atom is -0.388 e. The first kappa shape index (κ1) is 10.8. The molecule has 2 aliphatic rings. The summed E-state index contributed by atoms with van der Waals surface area (Å²) in [7, 11) is 0. The molecule has 0 aliphatic carbocycles. The van der Waals surface area contributed by atoms with E-state index in [1.807, 2.05) is 30.3 Å². The second-order valence-electron chi connectivity index (χ2n) is 4.83. The number of hydrogen-bond acceptors (Lipinski definition) is 3. The highest BCUT2D eigenvalue weighted by Crippen LogP contribution is 2.33. The lowest BCUT2D eigenvalue weighted by molar-refractivity contribution is 0.141. The Morgan fingerprint density at radius 1 is 1.24 bits per heavy atom. The molecule has 2 heterocycles. The van der Waals surface area contributed by atoms with Gasteiger partial charge in [-0.1, -0.05) is 30.3 Å². The van der Waals surface area contributed by atoms with E-state index in [-0.39, 0.29) is 5.92 Å². The summed E-state index contributed by atoms with van der Waals surface area (Å²) in [4.78, 5) is 6.94. The van der Waals surface area contributed by atoms with E-state index in [0.717, 1.165) is 43.9 Å². The van der Waals surface area contributed by atoms with Crippen molar-refractivity contribution < 1.29 is 5.11 Å². The van der Waals surface area contributed by atoms with Crippen molar-refractivity contribution in [3.63, 3.8) is 0 Å². The third-order valence-corrected chi connectivity index (χ3v) is 3.75. The van der Waals surface area contributed by atoms with Crippen LogP contribution in [-0.2, 0) is 0 Å². The second kappa shape index (κ2) is 4.49. The molecule has 0 spiro atoms. The number of aliphatic hydroxyl groups is 1. The molecule has 1 saturated heterocycles. The molecule has 17 heavy (non-hydrogen) atoms. The summed E-state index contributed by atoms with van der Waals surface area (Å²) in [6.07, 6.45) is 1.77. The number of fused-ring (bicyclic) bond motifs is 1. The Morgan fingerprint density at radius 2 is 2.06 bits per heavy atom. The van der Waals surface area contributed by atoms with Gasteiger partial charge in [0.05, 0.1) is 6.10 Å². The van der Waals surface area contributed by atoms with E-state index in [9.17, 15) is 5.11 Å². The van der Waals surface area contributed by atoms with Crippen LogP contribution in [0.25, 0.3) is 0 Å². The van der Waals surface area contributed by atoms with Crippen LogP contribution in [0.1, 0.15) is 24.5 Å². The highest BCUT2D eigenvalue weighted by atomic mass is 16.3. The molecule has 3 heteroatoms. The van der Waals surface area contributed by atoms with Gasteiger partial charge < -0.3 is 10.0 Å². The Hall–Kier alpha value is -1.35. The fourth-order valence-electron chi connectivity index (χ4n) is 2.85. The molecule has 90 valence electrons. The highest BCUT2D eigenvalue weighted by molar-refractivity contribution is 5.87. The summed E-state index contributed by atoms with van der Waals surface area (Å²) in [5.74, 6) is 1.32. The Bertz CT molecular complexity index is 415. The first-order valence-corrected chi connectivity index (χ1v) is 6.38. The Labute approximate surface area is 102 Å². The van der Waals surface area contributed by atoms with Crippen LogP contribution < -0.4 is 0 Å². The SMILES string of the molecule is O[C@H](c1ccccc1)[C@@H]1CCN2CCCN=C12. The molecule has 1 N–H and O–H groups in total. The van der Waals surface area contributed by atoms with Gasteiger partial charge in [0.1, 0.15) is 5.84 Å². The Balaban J connectivity index is 1.83. The summed E-state index contributed by atoms with van der Waals surface area (Å²) in [6, 6.07) is 9.94. The summed E-state index contributed by atoms with van der Waals surface area (Å²) < 4.78 is 0. The van der Waals surface area contributed by atoms with E-state index in [2.05, 4.69) is 9.89 Å². The third-order valence-electron chi connectivity index (χ3n) is 3.75. The number of hydrogen-bond donors (Lipinski definition) is 1. The van der Waals surface area contributed by atoms with E-state index < -0.39 is 6.10 Å². The molecule has 3 nitrogen and oxygen atoms in total. The molecule has 0 amide bonds. The largest absolute Gasteiger partial charge is 0.388 e. The van der Waals surface area contributed by atoms with Gasteiger partial charge in [0.15, 0.2) is 0 Å². The quantitative estimate of drug-likeness (QED) is 0.841. The molecule has 1 aromatic rings. The number of nitrogens with zero attached hydrogens (tertiary/aromatic N) is 2. The summed E-state index contributed by atoms with van der Waals surface area (Å²) >= 11 is 0. The molecule has 1 aromatic carbocycles. The van der Waals surface area contributed by atoms with Crippen molar-refractivity contribution in [1.82, 2.24) is 4.90 Å². The normalized spacial score (nSPS) is 25.4. The van der Waals surface area contributed by atoms with Crippen molar-refractivity contribution in [2.45, 2.75) is 18.9 Å². The van der Waals surface area contributed by atoms with Crippen LogP contribution in [0.2, 0.25) is 0 Å². The van der Waals surface area contributed by atoms with Gasteiger partial charge in [0.25, 0.3) is 0 Å². The molecule has 0 radical (unpaired) electrons. The molecule has 0 aromatic heterocycles. The van der Waals surface area contributed by atoms with Crippen LogP contribution in [0.5, 0.6) is 0 Å². The Morgan fingerprint density at radius 3 is 2.88 bits per heavy atom. The van der Waals surface area contributed by atoms with Gasteiger partial charge in [0, 0.05) is 25.6 Å². The van der Waals surface area contributed by atoms with Crippen LogP contribution in [0.3, 0.4) is 0 Å². The zero-order valence-corrected chi connectivity index (χ0v) is 9.92. The molecular formula is C14H18N2O. The zero-order chi connectivity index (χ0) is 11.7. The monoisotopic (exact) mass is 230 g/mol.